The fraction of sp³-hybridized carbons (Fsp3) is 0.182. The van der Waals surface area contributed by atoms with E-state index in [1.807, 2.05) is 0 Å². The number of hydrogen-bond donors (Lipinski definition) is 2. The number of H-pyrrole nitrogens is 1. The van der Waals surface area contributed by atoms with Crippen molar-refractivity contribution in [1.82, 2.24) is 10.2 Å². The molecule has 6 heteroatoms. The number of rotatable bonds is 3. The normalized spacial score (nSPS) is 10.3. The molecule has 2 aromatic rings. The van der Waals surface area contributed by atoms with Gasteiger partial charge in [-0.05, 0) is 12.1 Å². The second-order valence-electron chi connectivity index (χ2n) is 3.37. The van der Waals surface area contributed by atoms with E-state index in [1.54, 1.807) is 12.1 Å². The Morgan fingerprint density at radius 3 is 2.59 bits per heavy atom. The number of ether oxygens (including phenoxy) is 2. The first-order chi connectivity index (χ1) is 8.17. The summed E-state index contributed by atoms with van der Waals surface area (Å²) in [6, 6.07) is 4.79. The number of benzene rings is 1. The summed E-state index contributed by atoms with van der Waals surface area (Å²) in [5, 5.41) is 6.48. The number of aromatic amines is 1. The van der Waals surface area contributed by atoms with Gasteiger partial charge in [0.1, 0.15) is 5.82 Å². The lowest BCUT2D eigenvalue weighted by atomic mass is 10.1. The maximum Gasteiger partial charge on any atom is 0.207 e. The van der Waals surface area contributed by atoms with Gasteiger partial charge in [0, 0.05) is 11.6 Å². The molecule has 0 unspecified atom stereocenters. The van der Waals surface area contributed by atoms with E-state index >= 15 is 0 Å². The van der Waals surface area contributed by atoms with Crippen LogP contribution < -0.4 is 15.2 Å². The van der Waals surface area contributed by atoms with Crippen LogP contribution in [-0.4, -0.2) is 24.4 Å². The summed E-state index contributed by atoms with van der Waals surface area (Å²) < 4.78 is 23.8. The average molecular weight is 237 g/mol. The highest BCUT2D eigenvalue weighted by atomic mass is 19.1. The second-order valence-corrected chi connectivity index (χ2v) is 3.37. The Bertz CT molecular complexity index is 540. The van der Waals surface area contributed by atoms with E-state index in [4.69, 9.17) is 15.2 Å². The van der Waals surface area contributed by atoms with Gasteiger partial charge in [0.05, 0.1) is 19.9 Å². The van der Waals surface area contributed by atoms with E-state index in [-0.39, 0.29) is 11.5 Å². The smallest absolute Gasteiger partial charge is 0.207 e. The molecule has 0 aliphatic heterocycles. The predicted octanol–water partition coefficient (Wildman–Crippen LogP) is 1.82. The Balaban J connectivity index is 2.58. The third-order valence-electron chi connectivity index (χ3n) is 2.37. The van der Waals surface area contributed by atoms with E-state index in [1.165, 1.54) is 20.3 Å². The quantitative estimate of drug-likeness (QED) is 0.853. The Kier molecular flexibility index (Phi) is 2.86. The summed E-state index contributed by atoms with van der Waals surface area (Å²) in [6.07, 6.45) is 0. The van der Waals surface area contributed by atoms with E-state index < -0.39 is 5.82 Å². The van der Waals surface area contributed by atoms with Crippen molar-refractivity contribution in [2.24, 2.45) is 0 Å². The molecule has 0 amide bonds. The highest BCUT2D eigenvalue weighted by molar-refractivity contribution is 5.70. The number of nitrogens with two attached hydrogens (primary N) is 1. The van der Waals surface area contributed by atoms with Gasteiger partial charge in [-0.25, -0.2) is 0 Å². The number of anilines is 1. The van der Waals surface area contributed by atoms with Crippen molar-refractivity contribution in [3.05, 3.63) is 24.0 Å². The zero-order valence-corrected chi connectivity index (χ0v) is 9.45. The number of nitrogens with one attached hydrogen (secondary N) is 1. The Labute approximate surface area is 97.3 Å². The molecule has 2 rings (SSSR count). The molecule has 17 heavy (non-hydrogen) atoms. The number of methoxy groups -OCH3 is 2. The fourth-order valence-electron chi connectivity index (χ4n) is 1.58. The van der Waals surface area contributed by atoms with Crippen molar-refractivity contribution in [1.29, 1.82) is 0 Å². The second kappa shape index (κ2) is 4.32. The molecule has 1 aromatic heterocycles. The molecule has 0 saturated heterocycles. The zero-order chi connectivity index (χ0) is 12.4. The van der Waals surface area contributed by atoms with E-state index in [2.05, 4.69) is 10.2 Å². The number of aromatic nitrogens is 2. The Hall–Kier alpha value is -2.24. The summed E-state index contributed by atoms with van der Waals surface area (Å²) in [5.41, 5.74) is 6.62. The number of hydrogen-bond acceptors (Lipinski definition) is 4. The molecule has 0 atom stereocenters. The van der Waals surface area contributed by atoms with E-state index in [0.717, 1.165) is 0 Å². The SMILES string of the molecule is COc1ccc(-c2cc(N)n[nH]2)c(OC)c1F. The summed E-state index contributed by atoms with van der Waals surface area (Å²) >= 11 is 0. The molecule has 0 bridgehead atoms. The van der Waals surface area contributed by atoms with Crippen LogP contribution in [0.3, 0.4) is 0 Å². The minimum absolute atomic E-state index is 0.0907. The first kappa shape index (κ1) is 11.3. The van der Waals surface area contributed by atoms with Gasteiger partial charge < -0.3 is 15.2 Å². The maximum atomic E-state index is 13.9. The van der Waals surface area contributed by atoms with Crippen LogP contribution in [0.2, 0.25) is 0 Å². The predicted molar refractivity (Wildman–Crippen MR) is 61.5 cm³/mol. The van der Waals surface area contributed by atoms with Crippen molar-refractivity contribution in [2.45, 2.75) is 0 Å². The number of halogens is 1. The molecule has 90 valence electrons. The lowest BCUT2D eigenvalue weighted by Crippen LogP contribution is -1.96. The third kappa shape index (κ3) is 1.89. The van der Waals surface area contributed by atoms with Crippen LogP contribution in [0.5, 0.6) is 11.5 Å². The molecule has 0 saturated carbocycles. The molecule has 1 aromatic carbocycles. The van der Waals surface area contributed by atoms with Gasteiger partial charge in [-0.3, -0.25) is 5.10 Å². The average Bonchev–Trinajstić information content (AvgIpc) is 2.75. The molecule has 0 aliphatic carbocycles. The summed E-state index contributed by atoms with van der Waals surface area (Å²) in [6.45, 7) is 0. The molecule has 5 nitrogen and oxygen atoms in total. The molecular formula is C11H12FN3O2. The first-order valence-electron chi connectivity index (χ1n) is 4.89. The number of nitrogen functional groups attached to an aromatic ring is 1. The van der Waals surface area contributed by atoms with Crippen LogP contribution in [-0.2, 0) is 0 Å². The van der Waals surface area contributed by atoms with Gasteiger partial charge in [0.25, 0.3) is 0 Å². The minimum Gasteiger partial charge on any atom is -0.494 e. The van der Waals surface area contributed by atoms with Crippen LogP contribution in [0, 0.1) is 5.82 Å². The highest BCUT2D eigenvalue weighted by Gasteiger charge is 2.17. The van der Waals surface area contributed by atoms with Gasteiger partial charge in [0.2, 0.25) is 5.82 Å². The summed E-state index contributed by atoms with van der Waals surface area (Å²) in [7, 11) is 2.78. The van der Waals surface area contributed by atoms with Crippen LogP contribution in [0.1, 0.15) is 0 Å². The Morgan fingerprint density at radius 1 is 1.29 bits per heavy atom. The molecule has 0 radical (unpaired) electrons. The molecule has 0 spiro atoms. The van der Waals surface area contributed by atoms with Gasteiger partial charge in [0.15, 0.2) is 11.5 Å². The summed E-state index contributed by atoms with van der Waals surface area (Å²) in [5.74, 6) is -0.00922. The molecule has 0 aliphatic rings. The van der Waals surface area contributed by atoms with Crippen molar-refractivity contribution < 1.29 is 13.9 Å². The van der Waals surface area contributed by atoms with Gasteiger partial charge in [-0.15, -0.1) is 0 Å². The lowest BCUT2D eigenvalue weighted by Gasteiger charge is -2.10. The minimum atomic E-state index is -0.555. The zero-order valence-electron chi connectivity index (χ0n) is 9.45. The van der Waals surface area contributed by atoms with E-state index in [9.17, 15) is 4.39 Å². The van der Waals surface area contributed by atoms with Crippen molar-refractivity contribution >= 4 is 5.82 Å². The fourth-order valence-corrected chi connectivity index (χ4v) is 1.58. The standard InChI is InChI=1S/C11H12FN3O2/c1-16-8-4-3-6(11(17-2)10(8)12)7-5-9(13)15-14-7/h3-5H,1-2H3,(H3,13,14,15). The number of nitrogens with zero attached hydrogens (tertiary/aromatic N) is 1. The van der Waals surface area contributed by atoms with Crippen LogP contribution in [0.15, 0.2) is 18.2 Å². The van der Waals surface area contributed by atoms with Crippen molar-refractivity contribution in [3.8, 4) is 22.8 Å². The monoisotopic (exact) mass is 237 g/mol. The van der Waals surface area contributed by atoms with E-state index in [0.29, 0.717) is 17.1 Å². The largest absolute Gasteiger partial charge is 0.494 e. The lowest BCUT2D eigenvalue weighted by molar-refractivity contribution is 0.351. The van der Waals surface area contributed by atoms with Crippen LogP contribution in [0.25, 0.3) is 11.3 Å². The van der Waals surface area contributed by atoms with Gasteiger partial charge in [-0.1, -0.05) is 0 Å². The molecular weight excluding hydrogens is 225 g/mol. The van der Waals surface area contributed by atoms with Gasteiger partial charge in [-0.2, -0.15) is 9.49 Å². The highest BCUT2D eigenvalue weighted by Crippen LogP contribution is 2.36. The third-order valence-corrected chi connectivity index (χ3v) is 2.37. The topological polar surface area (TPSA) is 73.2 Å². The molecule has 1 heterocycles. The maximum absolute atomic E-state index is 13.9. The molecule has 0 fully saturated rings. The van der Waals surface area contributed by atoms with Crippen molar-refractivity contribution in [3.63, 3.8) is 0 Å². The molecule has 3 N–H and O–H groups in total. The van der Waals surface area contributed by atoms with Crippen LogP contribution in [0.4, 0.5) is 10.2 Å². The Morgan fingerprint density at radius 2 is 2.06 bits per heavy atom. The van der Waals surface area contributed by atoms with Crippen LogP contribution >= 0.6 is 0 Å². The summed E-state index contributed by atoms with van der Waals surface area (Å²) in [4.78, 5) is 0. The van der Waals surface area contributed by atoms with Crippen molar-refractivity contribution in [2.75, 3.05) is 20.0 Å². The van der Waals surface area contributed by atoms with Gasteiger partial charge >= 0.3 is 0 Å². The first-order valence-corrected chi connectivity index (χ1v) is 4.89.